The summed E-state index contributed by atoms with van der Waals surface area (Å²) in [6.45, 7) is 0. The number of nitrogens with one attached hydrogen (secondary N) is 2. The molecule has 0 bridgehead atoms. The molecule has 2 aliphatic rings. The standard InChI is InChI=1S/C22H18F3N3O/c23-16-11-9-15(10-12-16)21-26-19(17-8-4-5-13-28(17)21)22(29)27-18(20(24)25)14-6-2-1-3-7-14/h1-13,18,20-21,26H,(H,27,29). The summed E-state index contributed by atoms with van der Waals surface area (Å²) in [6, 6.07) is 12.6. The zero-order valence-electron chi connectivity index (χ0n) is 15.2. The third-order valence-electron chi connectivity index (χ3n) is 4.82. The van der Waals surface area contributed by atoms with Crippen LogP contribution in [-0.2, 0) is 4.79 Å². The van der Waals surface area contributed by atoms with Gasteiger partial charge in [-0.25, -0.2) is 13.2 Å². The lowest BCUT2D eigenvalue weighted by atomic mass is 10.1. The average Bonchev–Trinajstić information content (AvgIpc) is 3.13. The highest BCUT2D eigenvalue weighted by atomic mass is 19.3. The first-order chi connectivity index (χ1) is 14.0. The predicted molar refractivity (Wildman–Crippen MR) is 103 cm³/mol. The van der Waals surface area contributed by atoms with Gasteiger partial charge in [0.05, 0.1) is 5.70 Å². The van der Waals surface area contributed by atoms with Crippen LogP contribution in [-0.4, -0.2) is 17.2 Å². The lowest BCUT2D eigenvalue weighted by Gasteiger charge is -2.26. The van der Waals surface area contributed by atoms with Gasteiger partial charge in [0.2, 0.25) is 0 Å². The van der Waals surface area contributed by atoms with Crippen molar-refractivity contribution in [2.75, 3.05) is 0 Å². The van der Waals surface area contributed by atoms with Crippen LogP contribution in [0, 0.1) is 5.82 Å². The van der Waals surface area contributed by atoms with Crippen molar-refractivity contribution in [1.82, 2.24) is 15.5 Å². The van der Waals surface area contributed by atoms with E-state index in [4.69, 9.17) is 0 Å². The Morgan fingerprint density at radius 2 is 1.76 bits per heavy atom. The number of rotatable bonds is 5. The second kappa shape index (κ2) is 7.87. The number of fused-ring (bicyclic) bond motifs is 1. The van der Waals surface area contributed by atoms with Gasteiger partial charge in [-0.1, -0.05) is 48.5 Å². The molecule has 7 heteroatoms. The fourth-order valence-corrected chi connectivity index (χ4v) is 3.41. The van der Waals surface area contributed by atoms with E-state index in [9.17, 15) is 18.0 Å². The molecule has 4 nitrogen and oxygen atoms in total. The van der Waals surface area contributed by atoms with Crippen molar-refractivity contribution in [3.8, 4) is 0 Å². The van der Waals surface area contributed by atoms with Crippen LogP contribution in [0.25, 0.3) is 0 Å². The minimum Gasteiger partial charge on any atom is -0.355 e. The highest BCUT2D eigenvalue weighted by molar-refractivity contribution is 5.95. The van der Waals surface area contributed by atoms with Crippen LogP contribution < -0.4 is 10.6 Å². The summed E-state index contributed by atoms with van der Waals surface area (Å²) in [6.07, 6.45) is 3.85. The molecular formula is C22H18F3N3O. The Labute approximate surface area is 166 Å². The van der Waals surface area contributed by atoms with E-state index < -0.39 is 24.5 Å². The van der Waals surface area contributed by atoms with Crippen molar-refractivity contribution >= 4 is 5.91 Å². The van der Waals surface area contributed by atoms with E-state index in [-0.39, 0.29) is 11.5 Å². The molecule has 0 saturated carbocycles. The molecule has 1 amide bonds. The Morgan fingerprint density at radius 1 is 1.03 bits per heavy atom. The molecule has 0 aromatic heterocycles. The van der Waals surface area contributed by atoms with E-state index in [0.29, 0.717) is 11.3 Å². The number of halogens is 3. The molecule has 2 unspecified atom stereocenters. The topological polar surface area (TPSA) is 44.4 Å². The Balaban J connectivity index is 1.61. The number of hydrogen-bond donors (Lipinski definition) is 2. The molecule has 2 heterocycles. The number of carbonyl (C=O) groups is 1. The second-order valence-corrected chi connectivity index (χ2v) is 6.66. The largest absolute Gasteiger partial charge is 0.355 e. The van der Waals surface area contributed by atoms with Crippen molar-refractivity contribution in [3.63, 3.8) is 0 Å². The Hall–Kier alpha value is -3.48. The zero-order chi connectivity index (χ0) is 20.4. The lowest BCUT2D eigenvalue weighted by Crippen LogP contribution is -2.37. The van der Waals surface area contributed by atoms with E-state index in [1.807, 2.05) is 4.90 Å². The van der Waals surface area contributed by atoms with Crippen LogP contribution in [0.5, 0.6) is 0 Å². The quantitative estimate of drug-likeness (QED) is 0.797. The van der Waals surface area contributed by atoms with Crippen molar-refractivity contribution in [2.45, 2.75) is 18.6 Å². The van der Waals surface area contributed by atoms with Crippen LogP contribution in [0.1, 0.15) is 23.3 Å². The monoisotopic (exact) mass is 397 g/mol. The number of allylic oxidation sites excluding steroid dienone is 3. The van der Waals surface area contributed by atoms with Gasteiger partial charge >= 0.3 is 0 Å². The molecule has 0 aliphatic carbocycles. The van der Waals surface area contributed by atoms with E-state index in [0.717, 1.165) is 5.56 Å². The SMILES string of the molecule is O=C(NC(c1ccccc1)C(F)F)C1=C2C=CC=CN2C(c2ccc(F)cc2)N1. The first kappa shape index (κ1) is 18.9. The third-order valence-corrected chi connectivity index (χ3v) is 4.82. The summed E-state index contributed by atoms with van der Waals surface area (Å²) >= 11 is 0. The maximum absolute atomic E-state index is 13.6. The van der Waals surface area contributed by atoms with Crippen LogP contribution in [0.4, 0.5) is 13.2 Å². The Bertz CT molecular complexity index is 984. The van der Waals surface area contributed by atoms with E-state index in [2.05, 4.69) is 10.6 Å². The molecule has 2 aliphatic heterocycles. The Kier molecular flexibility index (Phi) is 5.12. The van der Waals surface area contributed by atoms with Gasteiger partial charge in [-0.2, -0.15) is 0 Å². The lowest BCUT2D eigenvalue weighted by molar-refractivity contribution is -0.119. The van der Waals surface area contributed by atoms with Gasteiger partial charge in [-0.3, -0.25) is 4.79 Å². The van der Waals surface area contributed by atoms with Crippen molar-refractivity contribution in [2.24, 2.45) is 0 Å². The molecule has 2 aromatic rings. The van der Waals surface area contributed by atoms with Gasteiger partial charge in [-0.05, 0) is 35.4 Å². The fourth-order valence-electron chi connectivity index (χ4n) is 3.41. The molecule has 0 saturated heterocycles. The summed E-state index contributed by atoms with van der Waals surface area (Å²) in [7, 11) is 0. The molecule has 0 fully saturated rings. The van der Waals surface area contributed by atoms with Gasteiger partial charge in [0.25, 0.3) is 12.3 Å². The van der Waals surface area contributed by atoms with Gasteiger partial charge in [-0.15, -0.1) is 0 Å². The summed E-state index contributed by atoms with van der Waals surface area (Å²) in [5, 5.41) is 5.52. The highest BCUT2D eigenvalue weighted by Crippen LogP contribution is 2.34. The van der Waals surface area contributed by atoms with Gasteiger partial charge < -0.3 is 15.5 Å². The Morgan fingerprint density at radius 3 is 2.45 bits per heavy atom. The van der Waals surface area contributed by atoms with E-state index >= 15 is 0 Å². The second-order valence-electron chi connectivity index (χ2n) is 6.66. The first-order valence-electron chi connectivity index (χ1n) is 9.08. The molecule has 29 heavy (non-hydrogen) atoms. The van der Waals surface area contributed by atoms with Crippen LogP contribution in [0.3, 0.4) is 0 Å². The van der Waals surface area contributed by atoms with Gasteiger partial charge in [0.1, 0.15) is 23.7 Å². The molecule has 0 radical (unpaired) electrons. The molecule has 4 rings (SSSR count). The van der Waals surface area contributed by atoms with Crippen molar-refractivity contribution in [1.29, 1.82) is 0 Å². The molecule has 0 spiro atoms. The highest BCUT2D eigenvalue weighted by Gasteiger charge is 2.35. The summed E-state index contributed by atoms with van der Waals surface area (Å²) in [5.74, 6) is -1.00. The van der Waals surface area contributed by atoms with Crippen molar-refractivity contribution < 1.29 is 18.0 Å². The zero-order valence-corrected chi connectivity index (χ0v) is 15.2. The number of nitrogens with zero attached hydrogens (tertiary/aromatic N) is 1. The average molecular weight is 397 g/mol. The molecular weight excluding hydrogens is 379 g/mol. The third kappa shape index (κ3) is 3.76. The van der Waals surface area contributed by atoms with Gasteiger partial charge in [0.15, 0.2) is 0 Å². The maximum Gasteiger partial charge on any atom is 0.270 e. The molecule has 148 valence electrons. The maximum atomic E-state index is 13.6. The van der Waals surface area contributed by atoms with Crippen molar-refractivity contribution in [3.05, 3.63) is 107 Å². The summed E-state index contributed by atoms with van der Waals surface area (Å²) in [4.78, 5) is 14.7. The number of benzene rings is 2. The molecule has 2 atom stereocenters. The van der Waals surface area contributed by atoms with E-state index in [1.54, 1.807) is 66.9 Å². The number of carbonyl (C=O) groups excluding carboxylic acids is 1. The normalized spacial score (nSPS) is 18.6. The van der Waals surface area contributed by atoms with Gasteiger partial charge in [0, 0.05) is 6.20 Å². The minimum atomic E-state index is -2.76. The predicted octanol–water partition coefficient (Wildman–Crippen LogP) is 4.15. The summed E-state index contributed by atoms with van der Waals surface area (Å²) in [5.41, 5.74) is 1.80. The number of hydrogen-bond acceptors (Lipinski definition) is 3. The smallest absolute Gasteiger partial charge is 0.270 e. The fraction of sp³-hybridized carbons (Fsp3) is 0.136. The van der Waals surface area contributed by atoms with Crippen LogP contribution in [0.15, 0.2) is 90.4 Å². The molecule has 2 aromatic carbocycles. The molecule has 2 N–H and O–H groups in total. The number of alkyl halides is 2. The summed E-state index contributed by atoms with van der Waals surface area (Å²) < 4.78 is 40.5. The van der Waals surface area contributed by atoms with E-state index in [1.165, 1.54) is 12.1 Å². The van der Waals surface area contributed by atoms with Crippen LogP contribution >= 0.6 is 0 Å². The van der Waals surface area contributed by atoms with Crippen LogP contribution in [0.2, 0.25) is 0 Å². The number of amides is 1. The first-order valence-corrected chi connectivity index (χ1v) is 9.08. The minimum absolute atomic E-state index is 0.182.